The van der Waals surface area contributed by atoms with Gasteiger partial charge >= 0.3 is 0 Å². The van der Waals surface area contributed by atoms with E-state index in [0.717, 1.165) is 16.8 Å². The first-order valence-electron chi connectivity index (χ1n) is 11.1. The van der Waals surface area contributed by atoms with Crippen LogP contribution in [0.25, 0.3) is 0 Å². The molecule has 2 heterocycles. The zero-order chi connectivity index (χ0) is 21.6. The highest BCUT2D eigenvalue weighted by Crippen LogP contribution is 2.55. The van der Waals surface area contributed by atoms with E-state index in [1.165, 1.54) is 0 Å². The van der Waals surface area contributed by atoms with Gasteiger partial charge in [-0.25, -0.2) is 0 Å². The summed E-state index contributed by atoms with van der Waals surface area (Å²) in [5.41, 5.74) is 1.89. The highest BCUT2D eigenvalue weighted by molar-refractivity contribution is 6.07. The van der Waals surface area contributed by atoms with Gasteiger partial charge in [0.15, 0.2) is 0 Å². The van der Waals surface area contributed by atoms with Gasteiger partial charge in [-0.2, -0.15) is 0 Å². The highest BCUT2D eigenvalue weighted by Gasteiger charge is 2.59. The molecular weight excluding hydrogens is 392 g/mol. The molecule has 6 heteroatoms. The molecule has 2 fully saturated rings. The number of methoxy groups -OCH3 is 1. The van der Waals surface area contributed by atoms with Crippen LogP contribution >= 0.6 is 0 Å². The lowest BCUT2D eigenvalue weighted by atomic mass is 9.72. The summed E-state index contributed by atoms with van der Waals surface area (Å²) < 4.78 is 5.45. The number of carbonyl (C=O) groups is 2. The van der Waals surface area contributed by atoms with E-state index < -0.39 is 11.5 Å². The number of nitrogens with zero attached hydrogens (tertiary/aromatic N) is 1. The molecular formula is C25H28N2O4. The Morgan fingerprint density at radius 1 is 1.13 bits per heavy atom. The van der Waals surface area contributed by atoms with Crippen molar-refractivity contribution in [2.24, 2.45) is 5.92 Å². The monoisotopic (exact) mass is 420 g/mol. The second-order valence-corrected chi connectivity index (χ2v) is 8.94. The van der Waals surface area contributed by atoms with Gasteiger partial charge in [0.2, 0.25) is 11.8 Å². The van der Waals surface area contributed by atoms with Crippen molar-refractivity contribution in [1.82, 2.24) is 4.90 Å². The van der Waals surface area contributed by atoms with Gasteiger partial charge in [-0.1, -0.05) is 30.3 Å². The normalized spacial score (nSPS) is 29.7. The molecule has 2 aromatic rings. The summed E-state index contributed by atoms with van der Waals surface area (Å²) in [5, 5.41) is 12.9. The van der Waals surface area contributed by atoms with Crippen LogP contribution in [0.3, 0.4) is 0 Å². The number of aliphatic hydroxyl groups is 1. The topological polar surface area (TPSA) is 78.9 Å². The van der Waals surface area contributed by atoms with Gasteiger partial charge in [0.1, 0.15) is 11.2 Å². The molecule has 1 spiro atoms. The maximum Gasteiger partial charge on any atom is 0.237 e. The molecule has 0 radical (unpaired) electrons. The number of ether oxygens (including phenoxy) is 1. The largest absolute Gasteiger partial charge is 0.497 e. The minimum Gasteiger partial charge on any atom is -0.497 e. The quantitative estimate of drug-likeness (QED) is 0.798. The molecule has 1 saturated heterocycles. The van der Waals surface area contributed by atoms with Crippen molar-refractivity contribution < 1.29 is 19.4 Å². The molecule has 6 nitrogen and oxygen atoms in total. The first-order chi connectivity index (χ1) is 15.0. The van der Waals surface area contributed by atoms with E-state index in [1.54, 1.807) is 7.11 Å². The van der Waals surface area contributed by atoms with Crippen LogP contribution in [0.15, 0.2) is 48.5 Å². The third kappa shape index (κ3) is 3.12. The van der Waals surface area contributed by atoms with Crippen LogP contribution in [0, 0.1) is 5.92 Å². The Kier molecular flexibility index (Phi) is 4.97. The van der Waals surface area contributed by atoms with E-state index in [2.05, 4.69) is 5.32 Å². The lowest BCUT2D eigenvalue weighted by Crippen LogP contribution is -2.44. The van der Waals surface area contributed by atoms with E-state index in [4.69, 9.17) is 4.74 Å². The number of aliphatic hydroxyl groups excluding tert-OH is 1. The molecule has 3 aliphatic rings. The van der Waals surface area contributed by atoms with Gasteiger partial charge in [0.25, 0.3) is 0 Å². The summed E-state index contributed by atoms with van der Waals surface area (Å²) in [6, 6.07) is 15.1. The van der Waals surface area contributed by atoms with Crippen LogP contribution in [0.1, 0.15) is 49.3 Å². The van der Waals surface area contributed by atoms with Gasteiger partial charge in [-0.3, -0.25) is 9.59 Å². The maximum absolute atomic E-state index is 13.7. The van der Waals surface area contributed by atoms with Gasteiger partial charge in [-0.05, 0) is 61.4 Å². The fourth-order valence-corrected chi connectivity index (χ4v) is 5.76. The van der Waals surface area contributed by atoms with Crippen molar-refractivity contribution >= 4 is 17.5 Å². The third-order valence-electron chi connectivity index (χ3n) is 7.33. The SMILES string of the molecule is COc1cccc(C2N(C(=O)C3CCC(O)CC3)CCC23C(=O)Nc2ccccc23)c1. The van der Waals surface area contributed by atoms with Gasteiger partial charge in [0, 0.05) is 18.2 Å². The molecule has 2 N–H and O–H groups in total. The average Bonchev–Trinajstić information content (AvgIpc) is 3.33. The summed E-state index contributed by atoms with van der Waals surface area (Å²) in [7, 11) is 1.62. The Morgan fingerprint density at radius 2 is 1.90 bits per heavy atom. The Balaban J connectivity index is 1.60. The summed E-state index contributed by atoms with van der Waals surface area (Å²) in [4.78, 5) is 29.1. The van der Waals surface area contributed by atoms with Crippen LogP contribution in [0.5, 0.6) is 5.75 Å². The fraction of sp³-hybridized carbons (Fsp3) is 0.440. The number of likely N-dealkylation sites (tertiary alicyclic amines) is 1. The molecule has 1 aliphatic carbocycles. The number of anilines is 1. The Hall–Kier alpha value is -2.86. The van der Waals surface area contributed by atoms with Crippen molar-refractivity contribution in [2.75, 3.05) is 19.0 Å². The van der Waals surface area contributed by atoms with Crippen LogP contribution in [0.2, 0.25) is 0 Å². The minimum atomic E-state index is -0.813. The van der Waals surface area contributed by atoms with E-state index in [1.807, 2.05) is 53.4 Å². The van der Waals surface area contributed by atoms with Crippen LogP contribution < -0.4 is 10.1 Å². The van der Waals surface area contributed by atoms with Crippen LogP contribution in [-0.2, 0) is 15.0 Å². The Bertz CT molecular complexity index is 1010. The van der Waals surface area contributed by atoms with Crippen molar-refractivity contribution in [3.63, 3.8) is 0 Å². The van der Waals surface area contributed by atoms with Crippen LogP contribution in [-0.4, -0.2) is 41.6 Å². The number of nitrogens with one attached hydrogen (secondary N) is 1. The number of carbonyl (C=O) groups excluding carboxylic acids is 2. The molecule has 2 amide bonds. The van der Waals surface area contributed by atoms with Crippen LogP contribution in [0.4, 0.5) is 5.69 Å². The highest BCUT2D eigenvalue weighted by atomic mass is 16.5. The number of benzene rings is 2. The molecule has 0 aromatic heterocycles. The zero-order valence-electron chi connectivity index (χ0n) is 17.7. The molecule has 2 unspecified atom stereocenters. The second-order valence-electron chi connectivity index (χ2n) is 8.94. The molecule has 2 aromatic carbocycles. The lowest BCUT2D eigenvalue weighted by molar-refractivity contribution is -0.139. The van der Waals surface area contributed by atoms with E-state index in [9.17, 15) is 14.7 Å². The number of rotatable bonds is 3. The first kappa shape index (κ1) is 20.1. The maximum atomic E-state index is 13.7. The standard InChI is InChI=1S/C25H28N2O4/c1-31-19-6-4-5-17(15-19)22-25(20-7-2-3-8-21(20)26-24(25)30)13-14-27(22)23(29)16-9-11-18(28)12-10-16/h2-8,15-16,18,22,28H,9-14H2,1H3,(H,26,30). The smallest absolute Gasteiger partial charge is 0.237 e. The number of hydrogen-bond donors (Lipinski definition) is 2. The zero-order valence-corrected chi connectivity index (χ0v) is 17.7. The van der Waals surface area contributed by atoms with Crippen molar-refractivity contribution in [3.05, 3.63) is 59.7 Å². The molecule has 162 valence electrons. The fourth-order valence-electron chi connectivity index (χ4n) is 5.76. The second kappa shape index (κ2) is 7.68. The van der Waals surface area contributed by atoms with Gasteiger partial charge in [0.05, 0.1) is 19.3 Å². The summed E-state index contributed by atoms with van der Waals surface area (Å²) in [6.45, 7) is 0.529. The molecule has 2 atom stereocenters. The minimum absolute atomic E-state index is 0.0455. The van der Waals surface area contributed by atoms with Crippen molar-refractivity contribution in [1.29, 1.82) is 0 Å². The Labute approximate surface area is 182 Å². The Morgan fingerprint density at radius 3 is 2.68 bits per heavy atom. The lowest BCUT2D eigenvalue weighted by Gasteiger charge is -2.37. The predicted octanol–water partition coefficient (Wildman–Crippen LogP) is 3.41. The molecule has 1 saturated carbocycles. The number of hydrogen-bond acceptors (Lipinski definition) is 4. The van der Waals surface area contributed by atoms with Gasteiger partial charge < -0.3 is 20.1 Å². The first-order valence-corrected chi connectivity index (χ1v) is 11.1. The third-order valence-corrected chi connectivity index (χ3v) is 7.33. The molecule has 31 heavy (non-hydrogen) atoms. The average molecular weight is 421 g/mol. The molecule has 0 bridgehead atoms. The van der Waals surface area contributed by atoms with Crippen molar-refractivity contribution in [3.8, 4) is 5.75 Å². The van der Waals surface area contributed by atoms with E-state index >= 15 is 0 Å². The van der Waals surface area contributed by atoms with E-state index in [-0.39, 0.29) is 23.8 Å². The summed E-state index contributed by atoms with van der Waals surface area (Å²) >= 11 is 0. The molecule has 2 aliphatic heterocycles. The number of para-hydroxylation sites is 1. The summed E-state index contributed by atoms with van der Waals surface area (Å²) in [6.07, 6.45) is 2.97. The van der Waals surface area contributed by atoms with Crippen molar-refractivity contribution in [2.45, 2.75) is 49.7 Å². The predicted molar refractivity (Wildman–Crippen MR) is 117 cm³/mol. The summed E-state index contributed by atoms with van der Waals surface area (Å²) in [5.74, 6) is 0.649. The number of fused-ring (bicyclic) bond motifs is 2. The number of amides is 2. The van der Waals surface area contributed by atoms with E-state index in [0.29, 0.717) is 44.4 Å². The molecule has 5 rings (SSSR count). The van der Waals surface area contributed by atoms with Gasteiger partial charge in [-0.15, -0.1) is 0 Å².